The van der Waals surface area contributed by atoms with Gasteiger partial charge in [0.05, 0.1) is 12.3 Å². The average molecular weight is 251 g/mol. The summed E-state index contributed by atoms with van der Waals surface area (Å²) in [5.41, 5.74) is 1.38. The maximum Gasteiger partial charge on any atom is 0.102 e. The van der Waals surface area contributed by atoms with Gasteiger partial charge in [0.2, 0.25) is 0 Å². The second kappa shape index (κ2) is 4.36. The van der Waals surface area contributed by atoms with Gasteiger partial charge in [0.15, 0.2) is 0 Å². The van der Waals surface area contributed by atoms with Crippen LogP contribution in [0.15, 0.2) is 0 Å². The van der Waals surface area contributed by atoms with Crippen LogP contribution in [-0.2, 0) is 5.41 Å². The van der Waals surface area contributed by atoms with E-state index in [1.807, 2.05) is 11.3 Å². The Kier molecular flexibility index (Phi) is 2.99. The lowest BCUT2D eigenvalue weighted by atomic mass is 9.70. The standard InChI is InChI=1S/C14H21NOS/c1-10-12(11-5-2-3-6-11)15-13(17-10)14(9-16)7-4-8-14/h11,16H,2-9H2,1H3. The number of thiazole rings is 1. The summed E-state index contributed by atoms with van der Waals surface area (Å²) in [6, 6.07) is 0. The van der Waals surface area contributed by atoms with Crippen molar-refractivity contribution in [1.82, 2.24) is 4.98 Å². The molecule has 2 nitrogen and oxygen atoms in total. The van der Waals surface area contributed by atoms with Crippen LogP contribution >= 0.6 is 11.3 Å². The minimum absolute atomic E-state index is 0.0340. The van der Waals surface area contributed by atoms with Crippen molar-refractivity contribution >= 4 is 11.3 Å². The van der Waals surface area contributed by atoms with E-state index in [4.69, 9.17) is 4.98 Å². The topological polar surface area (TPSA) is 33.1 Å². The Labute approximate surface area is 107 Å². The van der Waals surface area contributed by atoms with Crippen LogP contribution in [0.3, 0.4) is 0 Å². The van der Waals surface area contributed by atoms with Gasteiger partial charge in [0.25, 0.3) is 0 Å². The van der Waals surface area contributed by atoms with E-state index in [0.717, 1.165) is 12.8 Å². The predicted molar refractivity (Wildman–Crippen MR) is 70.7 cm³/mol. The van der Waals surface area contributed by atoms with Gasteiger partial charge in [-0.2, -0.15) is 0 Å². The van der Waals surface area contributed by atoms with Crippen LogP contribution in [0.4, 0.5) is 0 Å². The second-order valence-corrected chi connectivity index (χ2v) is 6.94. The largest absolute Gasteiger partial charge is 0.395 e. The number of aromatic nitrogens is 1. The molecule has 0 atom stereocenters. The number of aryl methyl sites for hydroxylation is 1. The molecule has 2 aliphatic carbocycles. The summed E-state index contributed by atoms with van der Waals surface area (Å²) in [7, 11) is 0. The van der Waals surface area contributed by atoms with Crippen molar-refractivity contribution in [2.75, 3.05) is 6.61 Å². The number of rotatable bonds is 3. The number of hydrogen-bond donors (Lipinski definition) is 1. The number of hydrogen-bond acceptors (Lipinski definition) is 3. The first-order valence-corrected chi connectivity index (χ1v) is 7.65. The molecule has 0 aliphatic heterocycles. The van der Waals surface area contributed by atoms with Crippen LogP contribution in [0.5, 0.6) is 0 Å². The monoisotopic (exact) mass is 251 g/mol. The quantitative estimate of drug-likeness (QED) is 0.891. The minimum atomic E-state index is 0.0340. The van der Waals surface area contributed by atoms with E-state index in [1.165, 1.54) is 47.7 Å². The molecule has 1 aromatic heterocycles. The smallest absolute Gasteiger partial charge is 0.102 e. The summed E-state index contributed by atoms with van der Waals surface area (Å²) in [5, 5.41) is 10.8. The molecule has 1 heterocycles. The van der Waals surface area contributed by atoms with E-state index >= 15 is 0 Å². The molecule has 0 unspecified atom stereocenters. The molecule has 0 amide bonds. The molecule has 0 aromatic carbocycles. The highest BCUT2D eigenvalue weighted by molar-refractivity contribution is 7.11. The fraction of sp³-hybridized carbons (Fsp3) is 0.786. The Morgan fingerprint density at radius 1 is 1.29 bits per heavy atom. The van der Waals surface area contributed by atoms with Crippen LogP contribution in [-0.4, -0.2) is 16.7 Å². The van der Waals surface area contributed by atoms with Gasteiger partial charge in [0, 0.05) is 16.2 Å². The molecule has 0 radical (unpaired) electrons. The van der Waals surface area contributed by atoms with Crippen molar-refractivity contribution in [1.29, 1.82) is 0 Å². The number of aliphatic hydroxyl groups is 1. The highest BCUT2D eigenvalue weighted by atomic mass is 32.1. The summed E-state index contributed by atoms with van der Waals surface area (Å²) in [4.78, 5) is 6.31. The maximum absolute atomic E-state index is 9.62. The van der Waals surface area contributed by atoms with Crippen molar-refractivity contribution in [2.45, 2.75) is 63.2 Å². The first kappa shape index (κ1) is 11.7. The maximum atomic E-state index is 9.62. The summed E-state index contributed by atoms with van der Waals surface area (Å²) in [6.45, 7) is 2.49. The molecule has 3 heteroatoms. The number of nitrogens with zero attached hydrogens (tertiary/aromatic N) is 1. The highest BCUT2D eigenvalue weighted by Crippen LogP contribution is 2.47. The lowest BCUT2D eigenvalue weighted by Gasteiger charge is -2.38. The van der Waals surface area contributed by atoms with Crippen LogP contribution in [0.1, 0.15) is 66.4 Å². The Hall–Kier alpha value is -0.410. The second-order valence-electron chi connectivity index (χ2n) is 5.73. The molecular weight excluding hydrogens is 230 g/mol. The van der Waals surface area contributed by atoms with Crippen LogP contribution in [0.25, 0.3) is 0 Å². The van der Waals surface area contributed by atoms with Gasteiger partial charge in [-0.1, -0.05) is 19.3 Å². The molecule has 94 valence electrons. The SMILES string of the molecule is Cc1sc(C2(CO)CCC2)nc1C1CCCC1. The van der Waals surface area contributed by atoms with Crippen LogP contribution in [0.2, 0.25) is 0 Å². The zero-order valence-electron chi connectivity index (χ0n) is 10.5. The van der Waals surface area contributed by atoms with Crippen molar-refractivity contribution in [3.05, 3.63) is 15.6 Å². The first-order chi connectivity index (χ1) is 8.25. The molecule has 17 heavy (non-hydrogen) atoms. The third-order valence-electron chi connectivity index (χ3n) is 4.64. The minimum Gasteiger partial charge on any atom is -0.395 e. The average Bonchev–Trinajstić information content (AvgIpc) is 2.86. The molecule has 0 spiro atoms. The fourth-order valence-electron chi connectivity index (χ4n) is 3.26. The summed E-state index contributed by atoms with van der Waals surface area (Å²) < 4.78 is 0. The molecule has 2 fully saturated rings. The van der Waals surface area contributed by atoms with E-state index in [9.17, 15) is 5.11 Å². The molecule has 2 aliphatic rings. The van der Waals surface area contributed by atoms with Crippen molar-refractivity contribution < 1.29 is 5.11 Å². The molecule has 1 aromatic rings. The highest BCUT2D eigenvalue weighted by Gasteiger charge is 2.41. The Morgan fingerprint density at radius 2 is 2.00 bits per heavy atom. The molecule has 0 bridgehead atoms. The summed E-state index contributed by atoms with van der Waals surface area (Å²) in [5.74, 6) is 0.704. The summed E-state index contributed by atoms with van der Waals surface area (Å²) in [6.07, 6.45) is 8.86. The normalized spacial score (nSPS) is 23.9. The summed E-state index contributed by atoms with van der Waals surface area (Å²) >= 11 is 1.84. The van der Waals surface area contributed by atoms with Gasteiger partial charge in [0.1, 0.15) is 5.01 Å². The zero-order chi connectivity index (χ0) is 11.9. The molecule has 0 saturated heterocycles. The molecule has 2 saturated carbocycles. The van der Waals surface area contributed by atoms with Crippen molar-refractivity contribution in [2.24, 2.45) is 0 Å². The molecular formula is C14H21NOS. The van der Waals surface area contributed by atoms with Crippen LogP contribution in [0, 0.1) is 6.92 Å². The third kappa shape index (κ3) is 1.84. The van der Waals surface area contributed by atoms with E-state index in [0.29, 0.717) is 5.92 Å². The lowest BCUT2D eigenvalue weighted by molar-refractivity contribution is 0.119. The van der Waals surface area contributed by atoms with Crippen molar-refractivity contribution in [3.8, 4) is 0 Å². The molecule has 1 N–H and O–H groups in total. The predicted octanol–water partition coefficient (Wildman–Crippen LogP) is 3.52. The van der Waals surface area contributed by atoms with Gasteiger partial charge in [-0.3, -0.25) is 0 Å². The van der Waals surface area contributed by atoms with Gasteiger partial charge >= 0.3 is 0 Å². The van der Waals surface area contributed by atoms with E-state index in [-0.39, 0.29) is 12.0 Å². The Balaban J connectivity index is 1.89. The molecule has 3 rings (SSSR count). The third-order valence-corrected chi connectivity index (χ3v) is 5.87. The van der Waals surface area contributed by atoms with Gasteiger partial charge in [-0.05, 0) is 32.6 Å². The van der Waals surface area contributed by atoms with Gasteiger partial charge in [-0.15, -0.1) is 11.3 Å². The van der Waals surface area contributed by atoms with E-state index < -0.39 is 0 Å². The lowest BCUT2D eigenvalue weighted by Crippen LogP contribution is -2.37. The van der Waals surface area contributed by atoms with Crippen molar-refractivity contribution in [3.63, 3.8) is 0 Å². The van der Waals surface area contributed by atoms with Gasteiger partial charge < -0.3 is 5.11 Å². The zero-order valence-corrected chi connectivity index (χ0v) is 11.4. The fourth-order valence-corrected chi connectivity index (χ4v) is 4.49. The first-order valence-electron chi connectivity index (χ1n) is 6.84. The van der Waals surface area contributed by atoms with Crippen LogP contribution < -0.4 is 0 Å². The van der Waals surface area contributed by atoms with E-state index in [2.05, 4.69) is 6.92 Å². The van der Waals surface area contributed by atoms with E-state index in [1.54, 1.807) is 0 Å². The Morgan fingerprint density at radius 3 is 2.53 bits per heavy atom. The number of aliphatic hydroxyl groups excluding tert-OH is 1. The van der Waals surface area contributed by atoms with Gasteiger partial charge in [-0.25, -0.2) is 4.98 Å². The Bertz CT molecular complexity index is 397.